The molecule has 1 atom stereocenters. The highest BCUT2D eigenvalue weighted by atomic mass is 16.5. The van der Waals surface area contributed by atoms with Crippen LogP contribution in [0.25, 0.3) is 5.65 Å². The molecule has 1 aliphatic rings. The largest absolute Gasteiger partial charge is 0.466 e. The van der Waals surface area contributed by atoms with Crippen molar-refractivity contribution in [2.75, 3.05) is 19.7 Å². The number of fused-ring (bicyclic) bond motifs is 1. The van der Waals surface area contributed by atoms with Gasteiger partial charge in [0.05, 0.1) is 18.2 Å². The molecule has 1 fully saturated rings. The van der Waals surface area contributed by atoms with Gasteiger partial charge < -0.3 is 9.64 Å². The normalized spacial score (nSPS) is 18.2. The molecule has 0 aromatic carbocycles. The number of pyridine rings is 1. The molecule has 0 N–H and O–H groups in total. The van der Waals surface area contributed by atoms with Gasteiger partial charge in [-0.3, -0.25) is 14.0 Å². The molecule has 3 heterocycles. The van der Waals surface area contributed by atoms with Crippen LogP contribution >= 0.6 is 0 Å². The summed E-state index contributed by atoms with van der Waals surface area (Å²) in [6.07, 6.45) is 3.43. The number of carbonyl (C=O) groups excluding carboxylic acids is 2. The zero-order chi connectivity index (χ0) is 16.4. The summed E-state index contributed by atoms with van der Waals surface area (Å²) in [4.78, 5) is 31.1. The van der Waals surface area contributed by atoms with E-state index < -0.39 is 0 Å². The number of hydrogen-bond donors (Lipinski definition) is 0. The summed E-state index contributed by atoms with van der Waals surface area (Å²) in [5.41, 5.74) is 2.04. The van der Waals surface area contributed by atoms with Crippen LogP contribution in [0.5, 0.6) is 0 Å². The van der Waals surface area contributed by atoms with Crippen LogP contribution in [-0.4, -0.2) is 45.9 Å². The zero-order valence-electron chi connectivity index (χ0n) is 13.5. The Bertz CT molecular complexity index is 738. The van der Waals surface area contributed by atoms with Crippen molar-refractivity contribution in [2.45, 2.75) is 26.7 Å². The highest BCUT2D eigenvalue weighted by Gasteiger charge is 2.31. The second kappa shape index (κ2) is 6.40. The lowest BCUT2D eigenvalue weighted by Gasteiger charge is -2.31. The zero-order valence-corrected chi connectivity index (χ0v) is 13.5. The number of nitrogens with zero attached hydrogens (tertiary/aromatic N) is 3. The van der Waals surface area contributed by atoms with Crippen molar-refractivity contribution in [3.8, 4) is 0 Å². The Morgan fingerprint density at radius 3 is 3.00 bits per heavy atom. The predicted octanol–water partition coefficient (Wildman–Crippen LogP) is 2.06. The summed E-state index contributed by atoms with van der Waals surface area (Å²) in [5, 5.41) is 0. The monoisotopic (exact) mass is 315 g/mol. The predicted molar refractivity (Wildman–Crippen MR) is 85.2 cm³/mol. The lowest BCUT2D eigenvalue weighted by Crippen LogP contribution is -2.43. The molecule has 2 aromatic heterocycles. The Morgan fingerprint density at radius 1 is 1.39 bits per heavy atom. The molecular weight excluding hydrogens is 294 g/mol. The Balaban J connectivity index is 1.84. The maximum absolute atomic E-state index is 12.9. The summed E-state index contributed by atoms with van der Waals surface area (Å²) in [5.74, 6) is -0.512. The third-order valence-corrected chi connectivity index (χ3v) is 4.24. The highest BCUT2D eigenvalue weighted by Crippen LogP contribution is 2.21. The van der Waals surface area contributed by atoms with Gasteiger partial charge in [-0.25, -0.2) is 4.98 Å². The van der Waals surface area contributed by atoms with E-state index in [2.05, 4.69) is 4.98 Å². The van der Waals surface area contributed by atoms with Crippen molar-refractivity contribution in [3.63, 3.8) is 0 Å². The van der Waals surface area contributed by atoms with Gasteiger partial charge in [0.1, 0.15) is 11.3 Å². The molecule has 3 rings (SSSR count). The number of aromatic nitrogens is 2. The third kappa shape index (κ3) is 2.93. The molecule has 6 nitrogen and oxygen atoms in total. The first-order valence-corrected chi connectivity index (χ1v) is 8.01. The summed E-state index contributed by atoms with van der Waals surface area (Å²) >= 11 is 0. The van der Waals surface area contributed by atoms with E-state index in [-0.39, 0.29) is 17.8 Å². The van der Waals surface area contributed by atoms with Crippen molar-refractivity contribution in [2.24, 2.45) is 5.92 Å². The molecule has 0 bridgehead atoms. The molecule has 1 saturated heterocycles. The Morgan fingerprint density at radius 2 is 2.22 bits per heavy atom. The number of likely N-dealkylation sites (tertiary alicyclic amines) is 1. The Labute approximate surface area is 135 Å². The van der Waals surface area contributed by atoms with Crippen molar-refractivity contribution in [3.05, 3.63) is 35.8 Å². The van der Waals surface area contributed by atoms with Crippen LogP contribution in [0.2, 0.25) is 0 Å². The van der Waals surface area contributed by atoms with Crippen LogP contribution in [-0.2, 0) is 9.53 Å². The highest BCUT2D eigenvalue weighted by molar-refractivity contribution is 5.95. The SMILES string of the molecule is CCOC(=O)C1CCCN(C(=O)c2c(C)nc3ccccn23)C1. The fourth-order valence-corrected chi connectivity index (χ4v) is 3.14. The number of carbonyl (C=O) groups is 2. The average molecular weight is 315 g/mol. The van der Waals surface area contributed by atoms with Gasteiger partial charge in [0.25, 0.3) is 5.91 Å². The van der Waals surface area contributed by atoms with Gasteiger partial charge in [0.15, 0.2) is 0 Å². The van der Waals surface area contributed by atoms with Gasteiger partial charge in [0, 0.05) is 19.3 Å². The number of ether oxygens (including phenoxy) is 1. The van der Waals surface area contributed by atoms with E-state index >= 15 is 0 Å². The Hall–Kier alpha value is -2.37. The summed E-state index contributed by atoms with van der Waals surface area (Å²) in [6, 6.07) is 5.65. The number of amides is 1. The van der Waals surface area contributed by atoms with Gasteiger partial charge >= 0.3 is 5.97 Å². The minimum Gasteiger partial charge on any atom is -0.466 e. The van der Waals surface area contributed by atoms with Gasteiger partial charge in [-0.1, -0.05) is 6.07 Å². The first kappa shape index (κ1) is 15.5. The van der Waals surface area contributed by atoms with Gasteiger partial charge in [0.2, 0.25) is 0 Å². The smallest absolute Gasteiger partial charge is 0.310 e. The topological polar surface area (TPSA) is 63.9 Å². The number of rotatable bonds is 3. The van der Waals surface area contributed by atoms with Gasteiger partial charge in [-0.2, -0.15) is 0 Å². The number of piperidine rings is 1. The molecule has 23 heavy (non-hydrogen) atoms. The molecule has 122 valence electrons. The summed E-state index contributed by atoms with van der Waals surface area (Å²) in [7, 11) is 0. The van der Waals surface area contributed by atoms with E-state index in [1.165, 1.54) is 0 Å². The maximum Gasteiger partial charge on any atom is 0.310 e. The molecule has 0 radical (unpaired) electrons. The van der Waals surface area contributed by atoms with E-state index in [4.69, 9.17) is 4.74 Å². The summed E-state index contributed by atoms with van der Waals surface area (Å²) in [6.45, 7) is 5.08. The second-order valence-electron chi connectivity index (χ2n) is 5.82. The number of imidazole rings is 1. The first-order valence-electron chi connectivity index (χ1n) is 8.01. The average Bonchev–Trinajstić information content (AvgIpc) is 2.90. The molecule has 1 aliphatic heterocycles. The lowest BCUT2D eigenvalue weighted by molar-refractivity contribution is -0.149. The van der Waals surface area contributed by atoms with Crippen LogP contribution in [0.15, 0.2) is 24.4 Å². The molecule has 0 aliphatic carbocycles. The van der Waals surface area contributed by atoms with E-state index in [1.54, 1.807) is 11.8 Å². The quantitative estimate of drug-likeness (QED) is 0.813. The van der Waals surface area contributed by atoms with E-state index in [9.17, 15) is 9.59 Å². The molecule has 2 aromatic rings. The third-order valence-electron chi connectivity index (χ3n) is 4.24. The van der Waals surface area contributed by atoms with Crippen LogP contribution in [0.3, 0.4) is 0 Å². The van der Waals surface area contributed by atoms with Crippen molar-refractivity contribution >= 4 is 17.5 Å². The minimum atomic E-state index is -0.229. The standard InChI is InChI=1S/C17H21N3O3/c1-3-23-17(22)13-7-6-9-19(11-13)16(21)15-12(2)18-14-8-4-5-10-20(14)15/h4-5,8,10,13H,3,6-7,9,11H2,1-2H3. The van der Waals surface area contributed by atoms with Crippen LogP contribution < -0.4 is 0 Å². The van der Waals surface area contributed by atoms with E-state index in [1.807, 2.05) is 35.7 Å². The summed E-state index contributed by atoms with van der Waals surface area (Å²) < 4.78 is 6.91. The maximum atomic E-state index is 12.9. The molecular formula is C17H21N3O3. The number of hydrogen-bond acceptors (Lipinski definition) is 4. The van der Waals surface area contributed by atoms with Gasteiger partial charge in [-0.15, -0.1) is 0 Å². The number of aryl methyl sites for hydroxylation is 1. The second-order valence-corrected chi connectivity index (χ2v) is 5.82. The minimum absolute atomic E-state index is 0.0739. The van der Waals surface area contributed by atoms with Crippen LogP contribution in [0.4, 0.5) is 0 Å². The first-order chi connectivity index (χ1) is 11.1. The molecule has 1 unspecified atom stereocenters. The van der Waals surface area contributed by atoms with E-state index in [0.717, 1.165) is 18.5 Å². The fraction of sp³-hybridized carbons (Fsp3) is 0.471. The van der Waals surface area contributed by atoms with Gasteiger partial charge in [-0.05, 0) is 38.8 Å². The molecule has 1 amide bonds. The Kier molecular flexibility index (Phi) is 4.32. The van der Waals surface area contributed by atoms with Crippen LogP contribution in [0.1, 0.15) is 35.9 Å². The molecule has 0 spiro atoms. The van der Waals surface area contributed by atoms with E-state index in [0.29, 0.717) is 31.1 Å². The van der Waals surface area contributed by atoms with Crippen LogP contribution in [0, 0.1) is 12.8 Å². The molecule has 6 heteroatoms. The van der Waals surface area contributed by atoms with Crippen molar-refractivity contribution in [1.29, 1.82) is 0 Å². The number of esters is 1. The molecule has 0 saturated carbocycles. The van der Waals surface area contributed by atoms with Crippen molar-refractivity contribution in [1.82, 2.24) is 14.3 Å². The van der Waals surface area contributed by atoms with Crippen molar-refractivity contribution < 1.29 is 14.3 Å². The lowest BCUT2D eigenvalue weighted by atomic mass is 9.98. The fourth-order valence-electron chi connectivity index (χ4n) is 3.14.